The van der Waals surface area contributed by atoms with E-state index in [4.69, 9.17) is 4.98 Å². The van der Waals surface area contributed by atoms with Crippen molar-refractivity contribution in [2.75, 3.05) is 0 Å². The van der Waals surface area contributed by atoms with Crippen molar-refractivity contribution in [2.24, 2.45) is 0 Å². The predicted molar refractivity (Wildman–Crippen MR) is 172 cm³/mol. The van der Waals surface area contributed by atoms with E-state index in [1.807, 2.05) is 0 Å². The van der Waals surface area contributed by atoms with Crippen molar-refractivity contribution in [1.82, 2.24) is 9.55 Å². The van der Waals surface area contributed by atoms with Crippen LogP contribution in [0.3, 0.4) is 0 Å². The molecule has 0 unspecified atom stereocenters. The molecule has 0 fully saturated rings. The molecule has 0 bridgehead atoms. The second-order valence-corrected chi connectivity index (χ2v) is 12.0. The zero-order valence-corrected chi connectivity index (χ0v) is 24.5. The SMILES string of the molecule is CCC(C)(C)c1cnc(-c2cccc3ccccc23)n1-c1c(C)cc(-c2cccc3ccccc23)cc1C(C)C. The lowest BCUT2D eigenvalue weighted by Crippen LogP contribution is -2.21. The lowest BCUT2D eigenvalue weighted by atomic mass is 9.85. The average molecular weight is 523 g/mol. The van der Waals surface area contributed by atoms with E-state index >= 15 is 0 Å². The summed E-state index contributed by atoms with van der Waals surface area (Å²) >= 11 is 0. The number of aryl methyl sites for hydroxylation is 1. The van der Waals surface area contributed by atoms with E-state index in [1.54, 1.807) is 0 Å². The first-order valence-electron chi connectivity index (χ1n) is 14.5. The lowest BCUT2D eigenvalue weighted by molar-refractivity contribution is 0.482. The van der Waals surface area contributed by atoms with Gasteiger partial charge in [0.25, 0.3) is 0 Å². The van der Waals surface area contributed by atoms with Crippen LogP contribution in [0.4, 0.5) is 0 Å². The molecule has 0 radical (unpaired) electrons. The van der Waals surface area contributed by atoms with Gasteiger partial charge in [0.1, 0.15) is 5.82 Å². The highest BCUT2D eigenvalue weighted by molar-refractivity contribution is 5.98. The van der Waals surface area contributed by atoms with Crippen LogP contribution in [0.5, 0.6) is 0 Å². The van der Waals surface area contributed by atoms with Crippen LogP contribution in [0.1, 0.15) is 63.8 Å². The highest BCUT2D eigenvalue weighted by atomic mass is 15.1. The summed E-state index contributed by atoms with van der Waals surface area (Å²) in [5.74, 6) is 1.35. The standard InChI is InChI=1S/C38H38N2/c1-7-38(5,6)35-24-39-37(33-21-13-17-28-15-9-11-19-31(28)33)40(35)36-26(4)22-29(23-34(36)25(2)3)32-20-12-16-27-14-8-10-18-30(27)32/h8-25H,7H2,1-6H3. The minimum Gasteiger partial charge on any atom is -0.296 e. The molecule has 0 N–H and O–H groups in total. The molecule has 2 nitrogen and oxygen atoms in total. The summed E-state index contributed by atoms with van der Waals surface area (Å²) in [6, 6.07) is 35.3. The summed E-state index contributed by atoms with van der Waals surface area (Å²) in [6.07, 6.45) is 3.14. The van der Waals surface area contributed by atoms with Crippen LogP contribution in [0.2, 0.25) is 0 Å². The number of rotatable bonds is 6. The fourth-order valence-corrected chi connectivity index (χ4v) is 6.03. The molecule has 200 valence electrons. The van der Waals surface area contributed by atoms with E-state index in [9.17, 15) is 0 Å². The highest BCUT2D eigenvalue weighted by Crippen LogP contribution is 2.41. The van der Waals surface area contributed by atoms with Crippen LogP contribution in [-0.4, -0.2) is 9.55 Å². The Kier molecular flexibility index (Phi) is 6.58. The van der Waals surface area contributed by atoms with Gasteiger partial charge >= 0.3 is 0 Å². The van der Waals surface area contributed by atoms with Crippen molar-refractivity contribution in [3.05, 3.63) is 120 Å². The fourth-order valence-electron chi connectivity index (χ4n) is 6.03. The predicted octanol–water partition coefficient (Wildman–Crippen LogP) is 10.6. The zero-order valence-electron chi connectivity index (χ0n) is 24.5. The van der Waals surface area contributed by atoms with Gasteiger partial charge in [0.15, 0.2) is 0 Å². The minimum atomic E-state index is -0.0369. The van der Waals surface area contributed by atoms with E-state index in [-0.39, 0.29) is 5.41 Å². The van der Waals surface area contributed by atoms with E-state index in [0.717, 1.165) is 12.2 Å². The Hall–Kier alpha value is -4.17. The molecular weight excluding hydrogens is 484 g/mol. The van der Waals surface area contributed by atoms with Crippen LogP contribution in [0.25, 0.3) is 49.7 Å². The molecular formula is C38H38N2. The van der Waals surface area contributed by atoms with E-state index < -0.39 is 0 Å². The highest BCUT2D eigenvalue weighted by Gasteiger charge is 2.29. The molecule has 2 heteroatoms. The van der Waals surface area contributed by atoms with Crippen LogP contribution in [0.15, 0.2) is 103 Å². The fraction of sp³-hybridized carbons (Fsp3) is 0.237. The Morgan fingerprint density at radius 3 is 1.95 bits per heavy atom. The summed E-state index contributed by atoms with van der Waals surface area (Å²) in [5, 5.41) is 5.03. The Bertz CT molecular complexity index is 1840. The third kappa shape index (κ3) is 4.32. The van der Waals surface area contributed by atoms with Gasteiger partial charge in [-0.3, -0.25) is 4.57 Å². The van der Waals surface area contributed by atoms with Crippen molar-refractivity contribution < 1.29 is 0 Å². The molecule has 0 aliphatic rings. The van der Waals surface area contributed by atoms with Gasteiger partial charge in [-0.25, -0.2) is 4.98 Å². The molecule has 0 amide bonds. The summed E-state index contributed by atoms with van der Waals surface area (Å²) in [6.45, 7) is 13.8. The number of fused-ring (bicyclic) bond motifs is 2. The molecule has 0 atom stereocenters. The first-order chi connectivity index (χ1) is 19.3. The summed E-state index contributed by atoms with van der Waals surface area (Å²) in [7, 11) is 0. The van der Waals surface area contributed by atoms with E-state index in [2.05, 4.69) is 149 Å². The lowest BCUT2D eigenvalue weighted by Gasteiger charge is -2.29. The molecule has 0 saturated carbocycles. The Morgan fingerprint density at radius 2 is 1.32 bits per heavy atom. The molecule has 0 spiro atoms. The summed E-state index contributed by atoms with van der Waals surface area (Å²) in [4.78, 5) is 5.15. The van der Waals surface area contributed by atoms with Crippen molar-refractivity contribution in [2.45, 2.75) is 59.3 Å². The molecule has 1 heterocycles. The topological polar surface area (TPSA) is 17.8 Å². The normalized spacial score (nSPS) is 12.1. The van der Waals surface area contributed by atoms with E-state index in [0.29, 0.717) is 5.92 Å². The largest absolute Gasteiger partial charge is 0.296 e. The first kappa shape index (κ1) is 26.1. The van der Waals surface area contributed by atoms with Crippen molar-refractivity contribution in [1.29, 1.82) is 0 Å². The Labute approximate surface area is 238 Å². The van der Waals surface area contributed by atoms with Gasteiger partial charge in [0.05, 0.1) is 5.69 Å². The molecule has 5 aromatic carbocycles. The first-order valence-corrected chi connectivity index (χ1v) is 14.5. The number of imidazole rings is 1. The van der Waals surface area contributed by atoms with Gasteiger partial charge in [-0.05, 0) is 75.2 Å². The second-order valence-electron chi connectivity index (χ2n) is 12.0. The van der Waals surface area contributed by atoms with E-state index in [1.165, 1.54) is 60.7 Å². The molecule has 0 aliphatic heterocycles. The van der Waals surface area contributed by atoms with Gasteiger partial charge in [-0.2, -0.15) is 0 Å². The summed E-state index contributed by atoms with van der Waals surface area (Å²) in [5.41, 5.74) is 8.80. The van der Waals surface area contributed by atoms with Crippen molar-refractivity contribution in [3.8, 4) is 28.2 Å². The number of hydrogen-bond acceptors (Lipinski definition) is 1. The molecule has 0 aliphatic carbocycles. The molecule has 1 aromatic heterocycles. The number of nitrogens with zero attached hydrogens (tertiary/aromatic N) is 2. The van der Waals surface area contributed by atoms with Crippen LogP contribution in [0, 0.1) is 6.92 Å². The quantitative estimate of drug-likeness (QED) is 0.213. The Balaban J connectivity index is 1.67. The monoisotopic (exact) mass is 522 g/mol. The molecule has 6 aromatic rings. The van der Waals surface area contributed by atoms with Crippen LogP contribution < -0.4 is 0 Å². The second kappa shape index (κ2) is 10.1. The maximum Gasteiger partial charge on any atom is 0.145 e. The Morgan fingerprint density at radius 1 is 0.750 bits per heavy atom. The zero-order chi connectivity index (χ0) is 28.0. The minimum absolute atomic E-state index is 0.0369. The maximum absolute atomic E-state index is 5.15. The van der Waals surface area contributed by atoms with Crippen LogP contribution in [-0.2, 0) is 5.41 Å². The third-order valence-corrected chi connectivity index (χ3v) is 8.65. The van der Waals surface area contributed by atoms with Gasteiger partial charge in [-0.15, -0.1) is 0 Å². The number of hydrogen-bond donors (Lipinski definition) is 0. The van der Waals surface area contributed by atoms with Crippen molar-refractivity contribution in [3.63, 3.8) is 0 Å². The van der Waals surface area contributed by atoms with Gasteiger partial charge in [0, 0.05) is 22.9 Å². The molecule has 6 rings (SSSR count). The maximum atomic E-state index is 5.15. The smallest absolute Gasteiger partial charge is 0.145 e. The average Bonchev–Trinajstić information content (AvgIpc) is 3.41. The van der Waals surface area contributed by atoms with Gasteiger partial charge in [-0.1, -0.05) is 120 Å². The molecule has 0 saturated heterocycles. The number of benzene rings is 5. The molecule has 40 heavy (non-hydrogen) atoms. The van der Waals surface area contributed by atoms with Crippen molar-refractivity contribution >= 4 is 21.5 Å². The third-order valence-electron chi connectivity index (χ3n) is 8.65. The van der Waals surface area contributed by atoms with Gasteiger partial charge in [0.2, 0.25) is 0 Å². The van der Waals surface area contributed by atoms with Gasteiger partial charge < -0.3 is 0 Å². The summed E-state index contributed by atoms with van der Waals surface area (Å²) < 4.78 is 2.48. The van der Waals surface area contributed by atoms with Crippen LogP contribution >= 0.6 is 0 Å². The number of aromatic nitrogens is 2.